The van der Waals surface area contributed by atoms with E-state index in [-0.39, 0.29) is 10.8 Å². The SMILES string of the molecule is Cc1cc(C)c(-c2cc(S(C)(=O)=O)ccc2C(=O)Nc2cccc(-c3ccccn3)c2)cc1C. The number of nitrogens with zero attached hydrogens (tertiary/aromatic N) is 1. The van der Waals surface area contributed by atoms with Crippen molar-refractivity contribution in [1.82, 2.24) is 4.98 Å². The van der Waals surface area contributed by atoms with Crippen LogP contribution in [0.3, 0.4) is 0 Å². The minimum atomic E-state index is -3.44. The molecule has 0 aliphatic rings. The summed E-state index contributed by atoms with van der Waals surface area (Å²) in [5.74, 6) is -0.314. The second-order valence-electron chi connectivity index (χ2n) is 8.48. The fraction of sp³-hybridized carbons (Fsp3) is 0.143. The Labute approximate surface area is 200 Å². The summed E-state index contributed by atoms with van der Waals surface area (Å²) in [6.45, 7) is 6.00. The number of hydrogen-bond donors (Lipinski definition) is 1. The van der Waals surface area contributed by atoms with E-state index in [0.29, 0.717) is 16.8 Å². The van der Waals surface area contributed by atoms with Crippen LogP contribution >= 0.6 is 0 Å². The number of aromatic nitrogens is 1. The van der Waals surface area contributed by atoms with Gasteiger partial charge in [0.1, 0.15) is 0 Å². The lowest BCUT2D eigenvalue weighted by molar-refractivity contribution is 0.102. The van der Waals surface area contributed by atoms with E-state index in [4.69, 9.17) is 0 Å². The molecule has 5 nitrogen and oxygen atoms in total. The molecule has 1 N–H and O–H groups in total. The predicted molar refractivity (Wildman–Crippen MR) is 137 cm³/mol. The summed E-state index contributed by atoms with van der Waals surface area (Å²) >= 11 is 0. The van der Waals surface area contributed by atoms with Gasteiger partial charge >= 0.3 is 0 Å². The van der Waals surface area contributed by atoms with Gasteiger partial charge < -0.3 is 5.32 Å². The third-order valence-corrected chi connectivity index (χ3v) is 6.99. The summed E-state index contributed by atoms with van der Waals surface area (Å²) < 4.78 is 24.5. The highest BCUT2D eigenvalue weighted by Crippen LogP contribution is 2.32. The van der Waals surface area contributed by atoms with Crippen molar-refractivity contribution in [2.45, 2.75) is 25.7 Å². The lowest BCUT2D eigenvalue weighted by atomic mass is 9.92. The Bertz CT molecular complexity index is 1490. The maximum Gasteiger partial charge on any atom is 0.256 e. The maximum absolute atomic E-state index is 13.4. The number of anilines is 1. The zero-order chi connectivity index (χ0) is 24.5. The van der Waals surface area contributed by atoms with E-state index in [1.807, 2.05) is 69.3 Å². The summed E-state index contributed by atoms with van der Waals surface area (Å²) in [5.41, 5.74) is 7.32. The highest BCUT2D eigenvalue weighted by molar-refractivity contribution is 7.90. The molecule has 6 heteroatoms. The number of benzene rings is 3. The first-order valence-corrected chi connectivity index (χ1v) is 12.8. The molecule has 0 spiro atoms. The van der Waals surface area contributed by atoms with Gasteiger partial charge in [0, 0.05) is 29.3 Å². The van der Waals surface area contributed by atoms with Crippen LogP contribution in [-0.4, -0.2) is 25.6 Å². The summed E-state index contributed by atoms with van der Waals surface area (Å²) in [7, 11) is -3.44. The van der Waals surface area contributed by atoms with Crippen LogP contribution in [0, 0.1) is 20.8 Å². The molecule has 0 unspecified atom stereocenters. The lowest BCUT2D eigenvalue weighted by Gasteiger charge is -2.16. The molecule has 0 atom stereocenters. The molecule has 0 aliphatic carbocycles. The molecule has 1 amide bonds. The fourth-order valence-electron chi connectivity index (χ4n) is 3.91. The van der Waals surface area contributed by atoms with Gasteiger partial charge in [-0.25, -0.2) is 8.42 Å². The van der Waals surface area contributed by atoms with Crippen LogP contribution in [0.4, 0.5) is 5.69 Å². The van der Waals surface area contributed by atoms with Crippen LogP contribution in [0.1, 0.15) is 27.0 Å². The van der Waals surface area contributed by atoms with Crippen molar-refractivity contribution < 1.29 is 13.2 Å². The van der Waals surface area contributed by atoms with E-state index in [1.54, 1.807) is 18.3 Å². The van der Waals surface area contributed by atoms with Crippen molar-refractivity contribution in [3.8, 4) is 22.4 Å². The number of pyridine rings is 1. The van der Waals surface area contributed by atoms with Crippen molar-refractivity contribution in [3.63, 3.8) is 0 Å². The Morgan fingerprint density at radius 2 is 1.56 bits per heavy atom. The van der Waals surface area contributed by atoms with Crippen molar-refractivity contribution in [2.24, 2.45) is 0 Å². The molecule has 0 saturated carbocycles. The Hall–Kier alpha value is -3.77. The van der Waals surface area contributed by atoms with Crippen molar-refractivity contribution in [1.29, 1.82) is 0 Å². The summed E-state index contributed by atoms with van der Waals surface area (Å²) in [6, 6.07) is 21.9. The number of amides is 1. The average molecular weight is 471 g/mol. The topological polar surface area (TPSA) is 76.1 Å². The van der Waals surface area contributed by atoms with E-state index >= 15 is 0 Å². The molecule has 0 radical (unpaired) electrons. The summed E-state index contributed by atoms with van der Waals surface area (Å²) in [5, 5.41) is 2.97. The minimum Gasteiger partial charge on any atom is -0.322 e. The third-order valence-electron chi connectivity index (χ3n) is 5.88. The lowest BCUT2D eigenvalue weighted by Crippen LogP contribution is -2.14. The zero-order valence-electron chi connectivity index (χ0n) is 19.6. The van der Waals surface area contributed by atoms with E-state index in [9.17, 15) is 13.2 Å². The van der Waals surface area contributed by atoms with Gasteiger partial charge in [-0.1, -0.05) is 30.3 Å². The first-order valence-electron chi connectivity index (χ1n) is 10.9. The number of hydrogen-bond acceptors (Lipinski definition) is 4. The first kappa shape index (κ1) is 23.4. The molecule has 4 rings (SSSR count). The fourth-order valence-corrected chi connectivity index (χ4v) is 4.56. The quantitative estimate of drug-likeness (QED) is 0.388. The van der Waals surface area contributed by atoms with Gasteiger partial charge in [0.25, 0.3) is 5.91 Å². The van der Waals surface area contributed by atoms with Crippen LogP contribution in [-0.2, 0) is 9.84 Å². The van der Waals surface area contributed by atoms with Crippen LogP contribution in [0.2, 0.25) is 0 Å². The molecule has 0 bridgehead atoms. The minimum absolute atomic E-state index is 0.175. The number of aryl methyl sites for hydroxylation is 3. The van der Waals surface area contributed by atoms with Gasteiger partial charge in [0.15, 0.2) is 9.84 Å². The number of rotatable bonds is 5. The second-order valence-corrected chi connectivity index (χ2v) is 10.5. The summed E-state index contributed by atoms with van der Waals surface area (Å²) in [4.78, 5) is 17.9. The second kappa shape index (κ2) is 9.23. The largest absolute Gasteiger partial charge is 0.322 e. The van der Waals surface area contributed by atoms with E-state index in [1.165, 1.54) is 12.3 Å². The molecular weight excluding hydrogens is 444 g/mol. The molecule has 172 valence electrons. The molecule has 0 saturated heterocycles. The molecule has 3 aromatic carbocycles. The number of nitrogens with one attached hydrogen (secondary N) is 1. The molecule has 0 fully saturated rings. The standard InChI is InChI=1S/C28H26N2O3S/c1-18-14-20(3)25(15-19(18)2)26-17-23(34(4,32)33)11-12-24(26)28(31)30-22-9-7-8-21(16-22)27-10-5-6-13-29-27/h5-17H,1-4H3,(H,30,31). The van der Waals surface area contributed by atoms with Crippen molar-refractivity contribution in [2.75, 3.05) is 11.6 Å². The highest BCUT2D eigenvalue weighted by atomic mass is 32.2. The van der Waals surface area contributed by atoms with Crippen LogP contribution in [0.25, 0.3) is 22.4 Å². The van der Waals surface area contributed by atoms with Crippen LogP contribution < -0.4 is 5.32 Å². The monoisotopic (exact) mass is 470 g/mol. The van der Waals surface area contributed by atoms with Crippen LogP contribution in [0.5, 0.6) is 0 Å². The normalized spacial score (nSPS) is 11.3. The van der Waals surface area contributed by atoms with Gasteiger partial charge in [-0.3, -0.25) is 9.78 Å². The van der Waals surface area contributed by atoms with E-state index < -0.39 is 9.84 Å². The van der Waals surface area contributed by atoms with E-state index in [2.05, 4.69) is 16.4 Å². The van der Waals surface area contributed by atoms with Gasteiger partial charge in [-0.05, 0) is 91.1 Å². The highest BCUT2D eigenvalue weighted by Gasteiger charge is 2.19. The average Bonchev–Trinajstić information content (AvgIpc) is 2.81. The molecule has 4 aromatic rings. The molecule has 0 aliphatic heterocycles. The zero-order valence-corrected chi connectivity index (χ0v) is 20.4. The first-order chi connectivity index (χ1) is 16.1. The van der Waals surface area contributed by atoms with Gasteiger partial charge in [-0.2, -0.15) is 0 Å². The Kier molecular flexibility index (Phi) is 6.35. The Morgan fingerprint density at radius 1 is 0.794 bits per heavy atom. The van der Waals surface area contributed by atoms with Gasteiger partial charge in [-0.15, -0.1) is 0 Å². The predicted octanol–water partition coefficient (Wildman–Crippen LogP) is 6.00. The molecule has 1 heterocycles. The number of carbonyl (C=O) groups excluding carboxylic acids is 1. The van der Waals surface area contributed by atoms with E-state index in [0.717, 1.165) is 33.5 Å². The summed E-state index contributed by atoms with van der Waals surface area (Å²) in [6.07, 6.45) is 2.89. The van der Waals surface area contributed by atoms with Gasteiger partial charge in [0.2, 0.25) is 0 Å². The number of sulfone groups is 1. The molecular formula is C28H26N2O3S. The van der Waals surface area contributed by atoms with Crippen molar-refractivity contribution in [3.05, 3.63) is 101 Å². The third kappa shape index (κ3) is 4.92. The number of carbonyl (C=O) groups is 1. The van der Waals surface area contributed by atoms with Gasteiger partial charge in [0.05, 0.1) is 10.6 Å². The van der Waals surface area contributed by atoms with Crippen LogP contribution in [0.15, 0.2) is 83.9 Å². The molecule has 34 heavy (non-hydrogen) atoms. The Balaban J connectivity index is 1.77. The maximum atomic E-state index is 13.4. The molecule has 1 aromatic heterocycles. The smallest absolute Gasteiger partial charge is 0.256 e. The van der Waals surface area contributed by atoms with Crippen molar-refractivity contribution >= 4 is 21.4 Å². The Morgan fingerprint density at radius 3 is 2.26 bits per heavy atom.